The number of hydrogen-bond acceptors (Lipinski definition) is 4. The second-order valence-corrected chi connectivity index (χ2v) is 7.30. The lowest BCUT2D eigenvalue weighted by Gasteiger charge is -2.24. The van der Waals surface area contributed by atoms with Crippen molar-refractivity contribution < 1.29 is 9.59 Å². The van der Waals surface area contributed by atoms with Gasteiger partial charge < -0.3 is 10.2 Å². The highest BCUT2D eigenvalue weighted by Crippen LogP contribution is 2.24. The van der Waals surface area contributed by atoms with Gasteiger partial charge in [0.25, 0.3) is 5.91 Å². The van der Waals surface area contributed by atoms with E-state index in [1.165, 1.54) is 11.8 Å². The van der Waals surface area contributed by atoms with Crippen molar-refractivity contribution in [3.05, 3.63) is 33.8 Å². The fraction of sp³-hybridized carbons (Fsp3) is 0.400. The van der Waals surface area contributed by atoms with Gasteiger partial charge in [0, 0.05) is 27.9 Å². The number of nitrogens with one attached hydrogen (secondary N) is 1. The zero-order chi connectivity index (χ0) is 16.4. The average molecular weight is 372 g/mol. The predicted octanol–water partition coefficient (Wildman–Crippen LogP) is 2.82. The van der Waals surface area contributed by atoms with E-state index in [1.807, 2.05) is 0 Å². The van der Waals surface area contributed by atoms with Gasteiger partial charge in [-0.15, -0.1) is 0 Å². The first-order valence-electron chi connectivity index (χ1n) is 7.30. The molecule has 122 valence electrons. The molecule has 0 radical (unpaired) electrons. The number of benzene rings is 1. The summed E-state index contributed by atoms with van der Waals surface area (Å²) >= 11 is 13.4. The number of nitrogens with zero attached hydrogens (tertiary/aromatic N) is 2. The van der Waals surface area contributed by atoms with Crippen LogP contribution in [0.1, 0.15) is 23.2 Å². The third kappa shape index (κ3) is 3.82. The van der Waals surface area contributed by atoms with Crippen molar-refractivity contribution in [2.75, 3.05) is 18.8 Å². The summed E-state index contributed by atoms with van der Waals surface area (Å²) < 4.78 is 0. The topological polar surface area (TPSA) is 61.8 Å². The van der Waals surface area contributed by atoms with E-state index in [0.29, 0.717) is 40.3 Å². The number of thioether (sulfide) groups is 1. The Labute approximate surface area is 148 Å². The van der Waals surface area contributed by atoms with Crippen LogP contribution in [0, 0.1) is 0 Å². The number of hydrogen-bond donors (Lipinski definition) is 1. The molecule has 2 aliphatic heterocycles. The first kappa shape index (κ1) is 16.6. The number of amides is 2. The van der Waals surface area contributed by atoms with Gasteiger partial charge in [-0.1, -0.05) is 35.0 Å². The molecule has 0 saturated carbocycles. The summed E-state index contributed by atoms with van der Waals surface area (Å²) in [6.45, 7) is 1.26. The highest BCUT2D eigenvalue weighted by molar-refractivity contribution is 8.14. The minimum absolute atomic E-state index is 0.183. The summed E-state index contributed by atoms with van der Waals surface area (Å²) in [7, 11) is 0. The largest absolute Gasteiger partial charge is 0.327 e. The van der Waals surface area contributed by atoms with Crippen LogP contribution in [0.2, 0.25) is 10.0 Å². The van der Waals surface area contributed by atoms with Crippen molar-refractivity contribution in [3.63, 3.8) is 0 Å². The van der Waals surface area contributed by atoms with Crippen LogP contribution in [0.15, 0.2) is 23.2 Å². The third-order valence-electron chi connectivity index (χ3n) is 3.74. The summed E-state index contributed by atoms with van der Waals surface area (Å²) in [5, 5.41) is 4.25. The number of carbonyl (C=O) groups excluding carboxylic acids is 2. The molecule has 1 saturated heterocycles. The monoisotopic (exact) mass is 371 g/mol. The summed E-state index contributed by atoms with van der Waals surface area (Å²) in [5.74, 6) is 0.467. The van der Waals surface area contributed by atoms with Gasteiger partial charge >= 0.3 is 0 Å². The number of rotatable bonds is 2. The molecule has 1 aromatic rings. The van der Waals surface area contributed by atoms with Crippen LogP contribution in [-0.4, -0.2) is 46.8 Å². The summed E-state index contributed by atoms with van der Waals surface area (Å²) in [4.78, 5) is 30.9. The van der Waals surface area contributed by atoms with Gasteiger partial charge in [-0.3, -0.25) is 14.6 Å². The molecule has 1 atom stereocenters. The molecule has 2 amide bonds. The number of carbonyl (C=O) groups is 2. The summed E-state index contributed by atoms with van der Waals surface area (Å²) in [6.07, 6.45) is 1.43. The van der Waals surface area contributed by atoms with Crippen LogP contribution < -0.4 is 5.32 Å². The minimum Gasteiger partial charge on any atom is -0.327 e. The second-order valence-electron chi connectivity index (χ2n) is 5.34. The van der Waals surface area contributed by atoms with Gasteiger partial charge in [-0.05, 0) is 31.0 Å². The Hall–Kier alpha value is -1.24. The van der Waals surface area contributed by atoms with Crippen LogP contribution in [0.3, 0.4) is 0 Å². The fourth-order valence-corrected chi connectivity index (χ4v) is 3.98. The highest BCUT2D eigenvalue weighted by Gasteiger charge is 2.35. The fourth-order valence-electron chi connectivity index (χ4n) is 2.72. The molecule has 0 bridgehead atoms. The van der Waals surface area contributed by atoms with E-state index in [1.54, 1.807) is 23.1 Å². The summed E-state index contributed by atoms with van der Waals surface area (Å²) in [5.41, 5.74) is 0.398. The van der Waals surface area contributed by atoms with E-state index >= 15 is 0 Å². The normalized spacial score (nSPS) is 20.5. The molecule has 0 aromatic heterocycles. The Morgan fingerprint density at radius 3 is 2.65 bits per heavy atom. The molecule has 5 nitrogen and oxygen atoms in total. The van der Waals surface area contributed by atoms with Crippen molar-refractivity contribution >= 4 is 51.9 Å². The SMILES string of the molecule is O=C(NC1=NCCS1)C1CCCN1C(=O)c1cc(Cl)cc(Cl)c1. The molecule has 2 heterocycles. The van der Waals surface area contributed by atoms with E-state index in [9.17, 15) is 9.59 Å². The first-order valence-corrected chi connectivity index (χ1v) is 9.04. The van der Waals surface area contributed by atoms with Crippen LogP contribution in [0.25, 0.3) is 0 Å². The van der Waals surface area contributed by atoms with Gasteiger partial charge in [-0.25, -0.2) is 0 Å². The highest BCUT2D eigenvalue weighted by atomic mass is 35.5. The van der Waals surface area contributed by atoms with Crippen molar-refractivity contribution in [1.82, 2.24) is 10.2 Å². The number of halogens is 2. The van der Waals surface area contributed by atoms with E-state index in [2.05, 4.69) is 10.3 Å². The lowest BCUT2D eigenvalue weighted by molar-refractivity contribution is -0.123. The number of aliphatic imine (C=N–C) groups is 1. The van der Waals surface area contributed by atoms with Gasteiger partial charge in [0.05, 0.1) is 6.54 Å². The van der Waals surface area contributed by atoms with Crippen molar-refractivity contribution in [2.45, 2.75) is 18.9 Å². The van der Waals surface area contributed by atoms with Gasteiger partial charge in [0.15, 0.2) is 5.17 Å². The molecular formula is C15H15Cl2N3O2S. The van der Waals surface area contributed by atoms with Gasteiger partial charge in [0.2, 0.25) is 5.91 Å². The zero-order valence-electron chi connectivity index (χ0n) is 12.2. The molecular weight excluding hydrogens is 357 g/mol. The first-order chi connectivity index (χ1) is 11.0. The lowest BCUT2D eigenvalue weighted by Crippen LogP contribution is -2.47. The predicted molar refractivity (Wildman–Crippen MR) is 93.4 cm³/mol. The van der Waals surface area contributed by atoms with Gasteiger partial charge in [-0.2, -0.15) is 0 Å². The maximum atomic E-state index is 12.7. The molecule has 1 fully saturated rings. The van der Waals surface area contributed by atoms with E-state index in [-0.39, 0.29) is 11.8 Å². The molecule has 1 unspecified atom stereocenters. The maximum absolute atomic E-state index is 12.7. The molecule has 8 heteroatoms. The van der Waals surface area contributed by atoms with Crippen LogP contribution in [0.4, 0.5) is 0 Å². The van der Waals surface area contributed by atoms with E-state index < -0.39 is 6.04 Å². The lowest BCUT2D eigenvalue weighted by atomic mass is 10.1. The molecule has 1 N–H and O–H groups in total. The molecule has 0 aliphatic carbocycles. The second kappa shape index (κ2) is 7.11. The van der Waals surface area contributed by atoms with Crippen LogP contribution >= 0.6 is 35.0 Å². The standard InChI is InChI=1S/C15H15Cl2N3O2S/c16-10-6-9(7-11(17)8-10)14(22)20-4-1-2-12(20)13(21)19-15-18-3-5-23-15/h6-8,12H,1-5H2,(H,18,19,21). The maximum Gasteiger partial charge on any atom is 0.254 e. The average Bonchev–Trinajstić information content (AvgIpc) is 3.16. The Bertz CT molecular complexity index is 660. The third-order valence-corrected chi connectivity index (χ3v) is 5.07. The molecule has 0 spiro atoms. The van der Waals surface area contributed by atoms with E-state index in [0.717, 1.165) is 12.2 Å². The smallest absolute Gasteiger partial charge is 0.254 e. The molecule has 1 aromatic carbocycles. The quantitative estimate of drug-likeness (QED) is 0.869. The van der Waals surface area contributed by atoms with Crippen molar-refractivity contribution in [3.8, 4) is 0 Å². The zero-order valence-corrected chi connectivity index (χ0v) is 14.5. The van der Waals surface area contributed by atoms with E-state index in [4.69, 9.17) is 23.2 Å². The Balaban J connectivity index is 1.75. The van der Waals surface area contributed by atoms with Crippen molar-refractivity contribution in [1.29, 1.82) is 0 Å². The Kier molecular flexibility index (Phi) is 5.14. The molecule has 23 heavy (non-hydrogen) atoms. The number of likely N-dealkylation sites (tertiary alicyclic amines) is 1. The van der Waals surface area contributed by atoms with Gasteiger partial charge in [0.1, 0.15) is 6.04 Å². The Morgan fingerprint density at radius 1 is 1.26 bits per heavy atom. The number of amidine groups is 1. The summed E-state index contributed by atoms with van der Waals surface area (Å²) in [6, 6.07) is 4.23. The molecule has 3 rings (SSSR count). The Morgan fingerprint density at radius 2 is 2.00 bits per heavy atom. The van der Waals surface area contributed by atoms with Crippen LogP contribution in [0.5, 0.6) is 0 Å². The van der Waals surface area contributed by atoms with Crippen LogP contribution in [-0.2, 0) is 4.79 Å². The molecule has 2 aliphatic rings. The van der Waals surface area contributed by atoms with Crippen molar-refractivity contribution in [2.24, 2.45) is 4.99 Å². The minimum atomic E-state index is -0.482.